The number of ether oxygens (including phenoxy) is 1. The lowest BCUT2D eigenvalue weighted by Gasteiger charge is -2.22. The van der Waals surface area contributed by atoms with Crippen LogP contribution >= 0.6 is 15.9 Å². The predicted molar refractivity (Wildman–Crippen MR) is 109 cm³/mol. The third-order valence-electron chi connectivity index (χ3n) is 5.88. The number of carbonyl (C=O) groups is 1. The SMILES string of the molecule is Cc1cc(C)c(CCC(=O)c2cc(Br)c3c(c2)CC2(CCCC2)O3)c(=O)[nH]1. The zero-order valence-electron chi connectivity index (χ0n) is 15.8. The molecule has 0 saturated heterocycles. The van der Waals surface area contributed by atoms with Crippen molar-refractivity contribution in [2.24, 2.45) is 0 Å². The summed E-state index contributed by atoms with van der Waals surface area (Å²) in [6, 6.07) is 5.80. The summed E-state index contributed by atoms with van der Waals surface area (Å²) in [5.74, 6) is 0.963. The second-order valence-corrected chi connectivity index (χ2v) is 8.84. The molecule has 0 bridgehead atoms. The lowest BCUT2D eigenvalue weighted by molar-refractivity contribution is 0.0982. The quantitative estimate of drug-likeness (QED) is 0.708. The van der Waals surface area contributed by atoms with E-state index in [-0.39, 0.29) is 16.9 Å². The molecule has 1 aromatic heterocycles. The van der Waals surface area contributed by atoms with Crippen LogP contribution in [0, 0.1) is 13.8 Å². The number of fused-ring (bicyclic) bond motifs is 1. The first-order valence-electron chi connectivity index (χ1n) is 9.61. The summed E-state index contributed by atoms with van der Waals surface area (Å²) in [5.41, 5.74) is 4.15. The number of nitrogens with one attached hydrogen (secondary N) is 1. The highest BCUT2D eigenvalue weighted by Gasteiger charge is 2.42. The average molecular weight is 430 g/mol. The normalized spacial score (nSPS) is 17.1. The Morgan fingerprint density at radius 2 is 1.96 bits per heavy atom. The topological polar surface area (TPSA) is 59.2 Å². The van der Waals surface area contributed by atoms with Crippen LogP contribution in [0.5, 0.6) is 5.75 Å². The number of aromatic amines is 1. The van der Waals surface area contributed by atoms with E-state index in [1.807, 2.05) is 32.0 Å². The smallest absolute Gasteiger partial charge is 0.251 e. The van der Waals surface area contributed by atoms with Crippen LogP contribution in [0.2, 0.25) is 0 Å². The summed E-state index contributed by atoms with van der Waals surface area (Å²) in [5, 5.41) is 0. The van der Waals surface area contributed by atoms with Crippen molar-refractivity contribution in [2.75, 3.05) is 0 Å². The molecule has 27 heavy (non-hydrogen) atoms. The number of carbonyl (C=O) groups excluding carboxylic acids is 1. The third kappa shape index (κ3) is 3.49. The first-order chi connectivity index (χ1) is 12.9. The first kappa shape index (κ1) is 18.5. The van der Waals surface area contributed by atoms with E-state index >= 15 is 0 Å². The highest BCUT2D eigenvalue weighted by Crippen LogP contribution is 2.47. The van der Waals surface area contributed by atoms with Gasteiger partial charge in [-0.3, -0.25) is 9.59 Å². The summed E-state index contributed by atoms with van der Waals surface area (Å²) >= 11 is 3.59. The summed E-state index contributed by atoms with van der Waals surface area (Å²) < 4.78 is 7.15. The molecule has 0 amide bonds. The summed E-state index contributed by atoms with van der Waals surface area (Å²) in [4.78, 5) is 27.8. The van der Waals surface area contributed by atoms with Gasteiger partial charge in [-0.15, -0.1) is 0 Å². The second-order valence-electron chi connectivity index (χ2n) is 7.98. The van der Waals surface area contributed by atoms with Crippen molar-refractivity contribution in [1.29, 1.82) is 0 Å². The molecule has 4 nitrogen and oxygen atoms in total. The largest absolute Gasteiger partial charge is 0.485 e. The third-order valence-corrected chi connectivity index (χ3v) is 6.47. The van der Waals surface area contributed by atoms with Gasteiger partial charge in [-0.05, 0) is 85.6 Å². The summed E-state index contributed by atoms with van der Waals surface area (Å²) in [6.07, 6.45) is 6.27. The fourth-order valence-electron chi connectivity index (χ4n) is 4.53. The van der Waals surface area contributed by atoms with Crippen LogP contribution in [0.3, 0.4) is 0 Å². The van der Waals surface area contributed by atoms with Gasteiger partial charge in [0.2, 0.25) is 0 Å². The number of rotatable bonds is 4. The van der Waals surface area contributed by atoms with Crippen LogP contribution in [-0.4, -0.2) is 16.4 Å². The molecular formula is C22H24BrNO3. The highest BCUT2D eigenvalue weighted by atomic mass is 79.9. The van der Waals surface area contributed by atoms with Gasteiger partial charge in [-0.2, -0.15) is 0 Å². The molecule has 1 N–H and O–H groups in total. The molecule has 5 heteroatoms. The van der Waals surface area contributed by atoms with E-state index in [0.29, 0.717) is 24.0 Å². The molecule has 1 spiro atoms. The van der Waals surface area contributed by atoms with Gasteiger partial charge in [0.05, 0.1) is 4.47 Å². The number of ketones is 1. The molecule has 1 saturated carbocycles. The molecule has 0 unspecified atom stereocenters. The van der Waals surface area contributed by atoms with Crippen molar-refractivity contribution in [2.45, 2.75) is 64.4 Å². The number of Topliss-reactive ketones (excluding diaryl/α,β-unsaturated/α-hetero) is 1. The van der Waals surface area contributed by atoms with E-state index in [1.165, 1.54) is 12.8 Å². The Morgan fingerprint density at radius 3 is 2.67 bits per heavy atom. The first-order valence-corrected chi connectivity index (χ1v) is 10.4. The summed E-state index contributed by atoms with van der Waals surface area (Å²) in [6.45, 7) is 3.79. The van der Waals surface area contributed by atoms with Gasteiger partial charge < -0.3 is 9.72 Å². The number of hydrogen-bond acceptors (Lipinski definition) is 3. The minimum Gasteiger partial charge on any atom is -0.485 e. The lowest BCUT2D eigenvalue weighted by Crippen LogP contribution is -2.29. The maximum atomic E-state index is 12.8. The molecule has 0 radical (unpaired) electrons. The molecule has 0 atom stereocenters. The maximum Gasteiger partial charge on any atom is 0.251 e. The Labute approximate surface area is 167 Å². The van der Waals surface area contributed by atoms with E-state index in [0.717, 1.165) is 46.3 Å². The van der Waals surface area contributed by atoms with Gasteiger partial charge in [0.1, 0.15) is 11.4 Å². The number of benzene rings is 1. The Hall–Kier alpha value is -1.88. The zero-order valence-corrected chi connectivity index (χ0v) is 17.4. The number of pyridine rings is 1. The molecule has 1 aliphatic heterocycles. The molecule has 2 aliphatic rings. The Morgan fingerprint density at radius 1 is 1.22 bits per heavy atom. The Bertz CT molecular complexity index is 970. The van der Waals surface area contributed by atoms with Gasteiger partial charge >= 0.3 is 0 Å². The zero-order chi connectivity index (χ0) is 19.2. The van der Waals surface area contributed by atoms with Crippen molar-refractivity contribution in [3.63, 3.8) is 0 Å². The molecule has 1 aromatic carbocycles. The van der Waals surface area contributed by atoms with Crippen molar-refractivity contribution in [1.82, 2.24) is 4.98 Å². The fourth-order valence-corrected chi connectivity index (χ4v) is 5.11. The van der Waals surface area contributed by atoms with Crippen LogP contribution in [-0.2, 0) is 12.8 Å². The highest BCUT2D eigenvalue weighted by molar-refractivity contribution is 9.10. The molecule has 4 rings (SSSR count). The van der Waals surface area contributed by atoms with Crippen molar-refractivity contribution >= 4 is 21.7 Å². The van der Waals surface area contributed by atoms with Gasteiger partial charge in [0.15, 0.2) is 5.78 Å². The maximum absolute atomic E-state index is 12.8. The number of halogens is 1. The minimum atomic E-state index is -0.0907. The van der Waals surface area contributed by atoms with Crippen molar-refractivity contribution in [3.8, 4) is 5.75 Å². The molecule has 1 fully saturated rings. The number of hydrogen-bond donors (Lipinski definition) is 1. The number of aryl methyl sites for hydroxylation is 2. The molecule has 1 aliphatic carbocycles. The molecule has 2 heterocycles. The van der Waals surface area contributed by atoms with Gasteiger partial charge in [-0.1, -0.05) is 0 Å². The van der Waals surface area contributed by atoms with E-state index in [9.17, 15) is 9.59 Å². The van der Waals surface area contributed by atoms with Crippen molar-refractivity contribution < 1.29 is 9.53 Å². The Balaban J connectivity index is 1.53. The van der Waals surface area contributed by atoms with E-state index in [4.69, 9.17) is 4.74 Å². The van der Waals surface area contributed by atoms with Gasteiger partial charge in [-0.25, -0.2) is 0 Å². The predicted octanol–water partition coefficient (Wildman–Crippen LogP) is 4.82. The van der Waals surface area contributed by atoms with E-state index in [1.54, 1.807) is 0 Å². The minimum absolute atomic E-state index is 0.0567. The van der Waals surface area contributed by atoms with Gasteiger partial charge in [0.25, 0.3) is 5.56 Å². The average Bonchev–Trinajstić information content (AvgIpc) is 3.20. The van der Waals surface area contributed by atoms with E-state index < -0.39 is 0 Å². The van der Waals surface area contributed by atoms with Crippen LogP contribution in [0.15, 0.2) is 27.5 Å². The summed E-state index contributed by atoms with van der Waals surface area (Å²) in [7, 11) is 0. The molecule has 142 valence electrons. The standard InChI is InChI=1S/C22H24BrNO3/c1-13-9-14(2)24-21(26)17(13)5-6-19(25)15-10-16-12-22(7-3-4-8-22)27-20(16)18(23)11-15/h9-11H,3-8,12H2,1-2H3,(H,24,26). The van der Waals surface area contributed by atoms with Gasteiger partial charge in [0, 0.05) is 35.2 Å². The van der Waals surface area contributed by atoms with Crippen LogP contribution in [0.1, 0.15) is 64.8 Å². The van der Waals surface area contributed by atoms with Crippen LogP contribution in [0.25, 0.3) is 0 Å². The van der Waals surface area contributed by atoms with Crippen molar-refractivity contribution in [3.05, 3.63) is 61.0 Å². The number of H-pyrrole nitrogens is 1. The molecule has 2 aromatic rings. The second kappa shape index (κ2) is 6.93. The number of aromatic nitrogens is 1. The van der Waals surface area contributed by atoms with E-state index in [2.05, 4.69) is 20.9 Å². The van der Waals surface area contributed by atoms with Crippen LogP contribution in [0.4, 0.5) is 0 Å². The Kier molecular flexibility index (Phi) is 4.75. The monoisotopic (exact) mass is 429 g/mol. The fraction of sp³-hybridized carbons (Fsp3) is 0.455. The lowest BCUT2D eigenvalue weighted by atomic mass is 9.93. The molecular weight excluding hydrogens is 406 g/mol. The van der Waals surface area contributed by atoms with Crippen LogP contribution < -0.4 is 10.3 Å².